The molecular formula is C14H13N4O4+. The molecule has 0 bridgehead atoms. The zero-order valence-electron chi connectivity index (χ0n) is 11.7. The van der Waals surface area contributed by atoms with Gasteiger partial charge in [0, 0.05) is 18.4 Å². The van der Waals surface area contributed by atoms with Gasteiger partial charge < -0.3 is 9.94 Å². The minimum Gasteiger partial charge on any atom is -0.497 e. The molecule has 8 heteroatoms. The predicted octanol–water partition coefficient (Wildman–Crippen LogP) is 1.40. The van der Waals surface area contributed by atoms with Gasteiger partial charge in [0.2, 0.25) is 5.69 Å². The highest BCUT2D eigenvalue weighted by Gasteiger charge is 2.34. The minimum atomic E-state index is 0.410. The van der Waals surface area contributed by atoms with E-state index in [4.69, 9.17) is 9.37 Å². The highest BCUT2D eigenvalue weighted by molar-refractivity contribution is 5.68. The van der Waals surface area contributed by atoms with E-state index in [1.165, 1.54) is 0 Å². The van der Waals surface area contributed by atoms with Crippen molar-refractivity contribution >= 4 is 0 Å². The third kappa shape index (κ3) is 1.67. The molecular weight excluding hydrogens is 288 g/mol. The number of hydrogen-bond donors (Lipinski definition) is 2. The van der Waals surface area contributed by atoms with Gasteiger partial charge in [-0.05, 0) is 29.2 Å². The van der Waals surface area contributed by atoms with Gasteiger partial charge >= 0.3 is 0 Å². The zero-order chi connectivity index (χ0) is 15.3. The molecule has 2 N–H and O–H groups in total. The summed E-state index contributed by atoms with van der Waals surface area (Å²) in [7, 11) is 1.59. The largest absolute Gasteiger partial charge is 0.497 e. The number of ether oxygens (including phenoxy) is 1. The first kappa shape index (κ1) is 12.7. The van der Waals surface area contributed by atoms with Crippen LogP contribution in [0.4, 0.5) is 0 Å². The molecule has 8 nitrogen and oxygen atoms in total. The van der Waals surface area contributed by atoms with E-state index in [1.807, 2.05) is 12.1 Å². The van der Waals surface area contributed by atoms with Crippen LogP contribution in [0.1, 0.15) is 11.4 Å². The monoisotopic (exact) mass is 301 g/mol. The smallest absolute Gasteiger partial charge is 0.252 e. The van der Waals surface area contributed by atoms with E-state index in [2.05, 4.69) is 10.1 Å². The van der Waals surface area contributed by atoms with E-state index in [9.17, 15) is 10.1 Å². The van der Waals surface area contributed by atoms with Crippen molar-refractivity contribution in [1.29, 1.82) is 0 Å². The van der Waals surface area contributed by atoms with E-state index in [0.29, 0.717) is 46.0 Å². The Balaban J connectivity index is 1.87. The van der Waals surface area contributed by atoms with Crippen LogP contribution in [0, 0.1) is 4.91 Å². The van der Waals surface area contributed by atoms with Crippen molar-refractivity contribution in [3.05, 3.63) is 40.6 Å². The molecule has 0 saturated heterocycles. The van der Waals surface area contributed by atoms with Gasteiger partial charge in [0.25, 0.3) is 5.69 Å². The minimum absolute atomic E-state index is 0.410. The fourth-order valence-electron chi connectivity index (χ4n) is 2.73. The normalized spacial score (nSPS) is 12.8. The molecule has 3 aromatic rings. The van der Waals surface area contributed by atoms with Crippen LogP contribution in [-0.4, -0.2) is 27.2 Å². The van der Waals surface area contributed by atoms with Crippen LogP contribution >= 0.6 is 0 Å². The number of rotatable bonds is 2. The molecule has 0 spiro atoms. The summed E-state index contributed by atoms with van der Waals surface area (Å²) in [5, 5.41) is 12.9. The molecule has 0 radical (unpaired) electrons. The first-order chi connectivity index (χ1) is 10.7. The van der Waals surface area contributed by atoms with E-state index in [1.54, 1.807) is 19.2 Å². The molecule has 0 atom stereocenters. The molecule has 1 aliphatic carbocycles. The lowest BCUT2D eigenvalue weighted by Crippen LogP contribution is -2.20. The second-order valence-electron chi connectivity index (χ2n) is 5.04. The number of nitrogens with zero attached hydrogens (tertiary/aromatic N) is 3. The summed E-state index contributed by atoms with van der Waals surface area (Å²) < 4.78 is 11.4. The molecule has 0 saturated carbocycles. The molecule has 22 heavy (non-hydrogen) atoms. The molecule has 0 aliphatic heterocycles. The lowest BCUT2D eigenvalue weighted by atomic mass is 10.0. The van der Waals surface area contributed by atoms with Crippen LogP contribution < -0.4 is 9.34 Å². The number of aromatic nitrogens is 4. The Labute approximate surface area is 124 Å². The SMILES string of the molecule is COc1ccc(-c2nc3c(n2O)CCc2c-3[nH]o[n+]2=O)cc1. The standard InChI is InChI=1S/C14H13N4O4/c1-21-9-4-2-8(3-5-9)14-15-12-10(17(14)19)6-7-11-13(12)16-22-18(11)20/h2-5,16,19H,6-7H2,1H3/q+1. The van der Waals surface area contributed by atoms with Crippen molar-refractivity contribution in [2.75, 3.05) is 7.11 Å². The third-order valence-corrected chi connectivity index (χ3v) is 3.87. The van der Waals surface area contributed by atoms with Crippen LogP contribution in [0.15, 0.2) is 28.9 Å². The number of aromatic amines is 1. The van der Waals surface area contributed by atoms with Gasteiger partial charge in [0.1, 0.15) is 11.4 Å². The first-order valence-corrected chi connectivity index (χ1v) is 6.78. The fraction of sp³-hybridized carbons (Fsp3) is 0.214. The van der Waals surface area contributed by atoms with E-state index >= 15 is 0 Å². The number of methoxy groups -OCH3 is 1. The summed E-state index contributed by atoms with van der Waals surface area (Å²) in [5.41, 5.74) is 2.94. The van der Waals surface area contributed by atoms with Gasteiger partial charge in [-0.25, -0.2) is 4.98 Å². The summed E-state index contributed by atoms with van der Waals surface area (Å²) in [6.07, 6.45) is 0.991. The number of H-pyrrole nitrogens is 1. The number of benzene rings is 1. The van der Waals surface area contributed by atoms with Crippen molar-refractivity contribution < 1.29 is 19.2 Å². The van der Waals surface area contributed by atoms with Crippen molar-refractivity contribution in [3.8, 4) is 28.5 Å². The Morgan fingerprint density at radius 3 is 2.86 bits per heavy atom. The number of hydrogen-bond acceptors (Lipinski definition) is 5. The van der Waals surface area contributed by atoms with Crippen LogP contribution in [-0.2, 0) is 12.8 Å². The van der Waals surface area contributed by atoms with Crippen LogP contribution in [0.25, 0.3) is 22.8 Å². The van der Waals surface area contributed by atoms with Gasteiger partial charge in [-0.2, -0.15) is 4.73 Å². The maximum Gasteiger partial charge on any atom is 0.252 e. The summed E-state index contributed by atoms with van der Waals surface area (Å²) in [6, 6.07) is 7.22. The highest BCUT2D eigenvalue weighted by atomic mass is 16.7. The third-order valence-electron chi connectivity index (χ3n) is 3.87. The quantitative estimate of drug-likeness (QED) is 0.697. The lowest BCUT2D eigenvalue weighted by molar-refractivity contribution is -0.719. The van der Waals surface area contributed by atoms with Gasteiger partial charge in [-0.1, -0.05) is 9.79 Å². The summed E-state index contributed by atoms with van der Waals surface area (Å²) in [4.78, 5) is 16.0. The number of imidazole rings is 1. The van der Waals surface area contributed by atoms with Gasteiger partial charge in [0.05, 0.1) is 12.8 Å². The molecule has 1 aromatic carbocycles. The Morgan fingerprint density at radius 2 is 2.14 bits per heavy atom. The van der Waals surface area contributed by atoms with Crippen molar-refractivity contribution in [2.45, 2.75) is 12.8 Å². The topological polar surface area (TPSA) is 99.2 Å². The Bertz CT molecular complexity index is 904. The van der Waals surface area contributed by atoms with E-state index in [-0.39, 0.29) is 0 Å². The Kier molecular flexibility index (Phi) is 2.59. The average Bonchev–Trinajstić information content (AvgIpc) is 3.09. The Morgan fingerprint density at radius 1 is 1.36 bits per heavy atom. The highest BCUT2D eigenvalue weighted by Crippen LogP contribution is 2.33. The zero-order valence-corrected chi connectivity index (χ0v) is 11.7. The molecule has 0 fully saturated rings. The van der Waals surface area contributed by atoms with Crippen molar-refractivity contribution in [3.63, 3.8) is 0 Å². The molecule has 0 unspecified atom stereocenters. The van der Waals surface area contributed by atoms with Crippen molar-refractivity contribution in [1.82, 2.24) is 14.9 Å². The maximum atomic E-state index is 11.5. The summed E-state index contributed by atoms with van der Waals surface area (Å²) in [5.74, 6) is 1.13. The number of nitrogens with one attached hydrogen (secondary N) is 1. The summed E-state index contributed by atoms with van der Waals surface area (Å²) in [6.45, 7) is 0. The average molecular weight is 301 g/mol. The summed E-state index contributed by atoms with van der Waals surface area (Å²) >= 11 is 0. The molecule has 2 aromatic heterocycles. The number of fused-ring (bicyclic) bond motifs is 3. The Hall–Kier alpha value is -3.03. The van der Waals surface area contributed by atoms with Crippen LogP contribution in [0.3, 0.4) is 0 Å². The first-order valence-electron chi connectivity index (χ1n) is 6.78. The van der Waals surface area contributed by atoms with Gasteiger partial charge in [-0.15, -0.1) is 0 Å². The van der Waals surface area contributed by atoms with Gasteiger partial charge in [-0.3, -0.25) is 0 Å². The fourth-order valence-corrected chi connectivity index (χ4v) is 2.73. The second kappa shape index (κ2) is 4.48. The molecule has 1 aliphatic rings. The van der Waals surface area contributed by atoms with Crippen molar-refractivity contribution in [2.24, 2.45) is 0 Å². The van der Waals surface area contributed by atoms with Crippen LogP contribution in [0.5, 0.6) is 5.75 Å². The molecule has 0 amide bonds. The molecule has 2 heterocycles. The van der Waals surface area contributed by atoms with Crippen LogP contribution in [0.2, 0.25) is 0 Å². The lowest BCUT2D eigenvalue weighted by Gasteiger charge is -2.06. The van der Waals surface area contributed by atoms with E-state index < -0.39 is 0 Å². The predicted molar refractivity (Wildman–Crippen MR) is 74.2 cm³/mol. The van der Waals surface area contributed by atoms with Gasteiger partial charge in [0.15, 0.2) is 10.4 Å². The molecule has 112 valence electrons. The molecule has 4 rings (SSSR count). The van der Waals surface area contributed by atoms with E-state index in [0.717, 1.165) is 16.0 Å². The second-order valence-corrected chi connectivity index (χ2v) is 5.04. The maximum absolute atomic E-state index is 11.5.